The Labute approximate surface area is 216 Å². The molecule has 2 heterocycles. The van der Waals surface area contributed by atoms with Gasteiger partial charge < -0.3 is 19.5 Å². The zero-order valence-electron chi connectivity index (χ0n) is 21.3. The summed E-state index contributed by atoms with van der Waals surface area (Å²) < 4.78 is 19.0. The Balaban J connectivity index is 1.71. The van der Waals surface area contributed by atoms with E-state index in [0.717, 1.165) is 28.9 Å². The second kappa shape index (κ2) is 11.5. The Kier molecular flexibility index (Phi) is 8.20. The Bertz CT molecular complexity index is 1270. The van der Waals surface area contributed by atoms with Gasteiger partial charge in [0.2, 0.25) is 11.1 Å². The summed E-state index contributed by atoms with van der Waals surface area (Å²) in [4.78, 5) is 17.7. The van der Waals surface area contributed by atoms with Crippen molar-refractivity contribution >= 4 is 23.7 Å². The van der Waals surface area contributed by atoms with Crippen LogP contribution in [0.15, 0.2) is 58.9 Å². The molecule has 2 aromatic carbocycles. The lowest BCUT2D eigenvalue weighted by molar-refractivity contribution is -0.139. The van der Waals surface area contributed by atoms with Crippen LogP contribution < -0.4 is 14.8 Å². The molecule has 1 N–H and O–H groups in total. The molecule has 190 valence electrons. The number of hydrogen-bond donors (Lipinski definition) is 1. The number of ether oxygens (including phenoxy) is 3. The fourth-order valence-electron chi connectivity index (χ4n) is 4.07. The number of anilines is 1. The van der Waals surface area contributed by atoms with Gasteiger partial charge in [-0.15, -0.1) is 5.10 Å². The van der Waals surface area contributed by atoms with Gasteiger partial charge in [0.1, 0.15) is 12.6 Å². The Hall–Kier alpha value is -3.46. The van der Waals surface area contributed by atoms with Crippen LogP contribution in [0.3, 0.4) is 0 Å². The number of aromatic nitrogens is 3. The highest BCUT2D eigenvalue weighted by Crippen LogP contribution is 2.40. The normalized spacial score (nSPS) is 14.8. The number of allylic oxidation sites excluding steroid dienone is 1. The molecule has 36 heavy (non-hydrogen) atoms. The molecule has 4 rings (SSSR count). The molecule has 1 aliphatic rings. The quantitative estimate of drug-likeness (QED) is 0.283. The highest BCUT2D eigenvalue weighted by molar-refractivity contribution is 7.99. The molecule has 0 saturated heterocycles. The third-order valence-electron chi connectivity index (χ3n) is 5.91. The molecule has 9 heteroatoms. The number of methoxy groups -OCH3 is 1. The summed E-state index contributed by atoms with van der Waals surface area (Å²) in [7, 11) is 1.61. The highest BCUT2D eigenvalue weighted by Gasteiger charge is 2.35. The van der Waals surface area contributed by atoms with Crippen molar-refractivity contribution in [1.82, 2.24) is 14.8 Å². The minimum absolute atomic E-state index is 0.277. The van der Waals surface area contributed by atoms with Gasteiger partial charge in [0.15, 0.2) is 11.5 Å². The molecule has 1 atom stereocenters. The number of thioether (sulfide) groups is 1. The van der Waals surface area contributed by atoms with Crippen molar-refractivity contribution in [3.63, 3.8) is 0 Å². The van der Waals surface area contributed by atoms with E-state index >= 15 is 0 Å². The van der Waals surface area contributed by atoms with Gasteiger partial charge in [0, 0.05) is 11.4 Å². The van der Waals surface area contributed by atoms with Crippen molar-refractivity contribution in [1.29, 1.82) is 0 Å². The Morgan fingerprint density at radius 2 is 1.94 bits per heavy atom. The molecule has 0 aliphatic carbocycles. The van der Waals surface area contributed by atoms with Crippen molar-refractivity contribution in [3.8, 4) is 11.5 Å². The lowest BCUT2D eigenvalue weighted by Crippen LogP contribution is -2.29. The van der Waals surface area contributed by atoms with E-state index in [1.165, 1.54) is 0 Å². The number of carbonyl (C=O) groups excluding carboxylic acids is 1. The van der Waals surface area contributed by atoms with Crippen LogP contribution in [0.2, 0.25) is 0 Å². The lowest BCUT2D eigenvalue weighted by Gasteiger charge is -2.28. The molecule has 1 aromatic heterocycles. The maximum atomic E-state index is 13.1. The van der Waals surface area contributed by atoms with Crippen LogP contribution in [-0.4, -0.2) is 40.2 Å². The minimum atomic E-state index is -0.525. The monoisotopic (exact) mass is 508 g/mol. The summed E-state index contributed by atoms with van der Waals surface area (Å²) in [5.41, 5.74) is 4.26. The molecule has 0 fully saturated rings. The van der Waals surface area contributed by atoms with E-state index < -0.39 is 12.0 Å². The first-order valence-electron chi connectivity index (χ1n) is 12.1. The summed E-state index contributed by atoms with van der Waals surface area (Å²) in [6.07, 6.45) is 1.01. The van der Waals surface area contributed by atoms with Crippen molar-refractivity contribution in [2.45, 2.75) is 51.9 Å². The number of fused-ring (bicyclic) bond motifs is 1. The van der Waals surface area contributed by atoms with Crippen LogP contribution in [0.25, 0.3) is 0 Å². The maximum absolute atomic E-state index is 13.1. The smallest absolute Gasteiger partial charge is 0.338 e. The van der Waals surface area contributed by atoms with Crippen LogP contribution in [-0.2, 0) is 16.1 Å². The number of nitrogens with zero attached hydrogens (tertiary/aromatic N) is 3. The topological polar surface area (TPSA) is 87.5 Å². The summed E-state index contributed by atoms with van der Waals surface area (Å²) in [5, 5.41) is 8.62. The minimum Gasteiger partial charge on any atom is -0.493 e. The summed E-state index contributed by atoms with van der Waals surface area (Å²) in [6.45, 7) is 8.53. The number of rotatable bonds is 10. The number of carbonyl (C=O) groups is 1. The first-order valence-corrected chi connectivity index (χ1v) is 13.0. The van der Waals surface area contributed by atoms with Gasteiger partial charge in [-0.1, -0.05) is 49.0 Å². The molecular weight excluding hydrogens is 476 g/mol. The Morgan fingerprint density at radius 1 is 1.14 bits per heavy atom. The van der Waals surface area contributed by atoms with E-state index in [1.807, 2.05) is 43.3 Å². The predicted octanol–water partition coefficient (Wildman–Crippen LogP) is 5.53. The predicted molar refractivity (Wildman–Crippen MR) is 141 cm³/mol. The van der Waals surface area contributed by atoms with Crippen LogP contribution >= 0.6 is 11.8 Å². The third-order valence-corrected chi connectivity index (χ3v) is 6.96. The molecular formula is C27H32N4O4S. The fraction of sp³-hybridized carbons (Fsp3) is 0.370. The number of nitrogens with one attached hydrogen (secondary N) is 1. The van der Waals surface area contributed by atoms with E-state index in [9.17, 15) is 4.79 Å². The van der Waals surface area contributed by atoms with Crippen molar-refractivity contribution in [2.75, 3.05) is 24.8 Å². The molecule has 8 nitrogen and oxygen atoms in total. The number of benzene rings is 2. The van der Waals surface area contributed by atoms with Crippen LogP contribution in [0.5, 0.6) is 11.5 Å². The molecule has 0 spiro atoms. The van der Waals surface area contributed by atoms with Gasteiger partial charge in [-0.25, -0.2) is 9.48 Å². The van der Waals surface area contributed by atoms with Crippen LogP contribution in [0, 0.1) is 6.92 Å². The van der Waals surface area contributed by atoms with Gasteiger partial charge >= 0.3 is 5.97 Å². The van der Waals surface area contributed by atoms with Crippen LogP contribution in [0.4, 0.5) is 5.95 Å². The van der Waals surface area contributed by atoms with Crippen molar-refractivity contribution in [2.24, 2.45) is 0 Å². The van der Waals surface area contributed by atoms with E-state index in [4.69, 9.17) is 19.3 Å². The third kappa shape index (κ3) is 5.36. The second-order valence-electron chi connectivity index (χ2n) is 8.42. The average Bonchev–Trinajstić information content (AvgIpc) is 3.28. The zero-order chi connectivity index (χ0) is 25.7. The molecule has 0 amide bonds. The summed E-state index contributed by atoms with van der Waals surface area (Å²) in [6, 6.07) is 13.3. The van der Waals surface area contributed by atoms with E-state index in [0.29, 0.717) is 40.5 Å². The first kappa shape index (κ1) is 25.6. The molecule has 0 radical (unpaired) electrons. The van der Waals surface area contributed by atoms with E-state index in [-0.39, 0.29) is 6.61 Å². The molecule has 0 bridgehead atoms. The second-order valence-corrected chi connectivity index (χ2v) is 9.49. The van der Waals surface area contributed by atoms with Gasteiger partial charge in [-0.05, 0) is 56.0 Å². The van der Waals surface area contributed by atoms with Crippen molar-refractivity contribution < 1.29 is 19.0 Å². The lowest BCUT2D eigenvalue weighted by atomic mass is 9.95. The van der Waals surface area contributed by atoms with Crippen molar-refractivity contribution in [3.05, 3.63) is 70.4 Å². The first-order chi connectivity index (χ1) is 17.5. The van der Waals surface area contributed by atoms with Gasteiger partial charge in [0.25, 0.3) is 0 Å². The number of aryl methyl sites for hydroxylation is 1. The van der Waals surface area contributed by atoms with E-state index in [1.54, 1.807) is 30.5 Å². The standard InChI is InChI=1S/C27H32N4O4S/c1-6-14-36-27-29-26-28-18(4)23(25(32)34-7-2)24(31(26)30-27)19-12-13-21(22(15-19)33-5)35-16-20-11-9-8-10-17(20)3/h8-13,15,24H,6-7,14,16H2,1-5H3,(H,28,29,30). The zero-order valence-corrected chi connectivity index (χ0v) is 22.1. The van der Waals surface area contributed by atoms with Gasteiger partial charge in [0.05, 0.1) is 19.3 Å². The molecule has 1 unspecified atom stereocenters. The molecule has 0 saturated carbocycles. The van der Waals surface area contributed by atoms with E-state index in [2.05, 4.69) is 30.2 Å². The number of hydrogen-bond acceptors (Lipinski definition) is 8. The maximum Gasteiger partial charge on any atom is 0.338 e. The van der Waals surface area contributed by atoms with Gasteiger partial charge in [-0.2, -0.15) is 4.98 Å². The van der Waals surface area contributed by atoms with Crippen LogP contribution in [0.1, 0.15) is 49.9 Å². The summed E-state index contributed by atoms with van der Waals surface area (Å²) >= 11 is 1.59. The molecule has 1 aliphatic heterocycles. The fourth-order valence-corrected chi connectivity index (χ4v) is 4.75. The SMILES string of the molecule is CCCSc1nc2n(n1)C(c1ccc(OCc3ccccc3C)c(OC)c1)C(C(=O)OCC)=C(C)N2. The van der Waals surface area contributed by atoms with Gasteiger partial charge in [-0.3, -0.25) is 0 Å². The number of esters is 1. The Morgan fingerprint density at radius 3 is 2.67 bits per heavy atom. The largest absolute Gasteiger partial charge is 0.493 e. The highest BCUT2D eigenvalue weighted by atomic mass is 32.2. The summed E-state index contributed by atoms with van der Waals surface area (Å²) in [5.74, 6) is 2.29. The average molecular weight is 509 g/mol. The molecule has 3 aromatic rings.